The van der Waals surface area contributed by atoms with Gasteiger partial charge in [0.25, 0.3) is 0 Å². The molecular weight excluding hydrogens is 258 g/mol. The van der Waals surface area contributed by atoms with Crippen molar-refractivity contribution in [2.45, 2.75) is 37.8 Å². The van der Waals surface area contributed by atoms with Crippen LogP contribution in [0.5, 0.6) is 0 Å². The minimum atomic E-state index is -0.0561. The lowest BCUT2D eigenvalue weighted by molar-refractivity contribution is 0.0802. The molecule has 0 saturated carbocycles. The van der Waals surface area contributed by atoms with Gasteiger partial charge in [-0.2, -0.15) is 0 Å². The van der Waals surface area contributed by atoms with Crippen molar-refractivity contribution in [3.8, 4) is 0 Å². The van der Waals surface area contributed by atoms with Gasteiger partial charge in [-0.05, 0) is 47.9 Å². The van der Waals surface area contributed by atoms with Gasteiger partial charge < -0.3 is 10.5 Å². The van der Waals surface area contributed by atoms with Crippen LogP contribution in [0.3, 0.4) is 0 Å². The molecule has 0 amide bonds. The van der Waals surface area contributed by atoms with Gasteiger partial charge >= 0.3 is 0 Å². The Morgan fingerprint density at radius 1 is 1.05 bits per heavy atom. The van der Waals surface area contributed by atoms with Crippen LogP contribution >= 0.6 is 0 Å². The molecule has 21 heavy (non-hydrogen) atoms. The van der Waals surface area contributed by atoms with Crippen molar-refractivity contribution in [1.29, 1.82) is 0 Å². The molecule has 2 heteroatoms. The summed E-state index contributed by atoms with van der Waals surface area (Å²) in [5.41, 5.74) is 11.9. The van der Waals surface area contributed by atoms with E-state index in [1.807, 2.05) is 18.2 Å². The third-order valence-electron chi connectivity index (χ3n) is 4.41. The maximum atomic E-state index is 6.41. The van der Waals surface area contributed by atoms with E-state index in [0.29, 0.717) is 0 Å². The Bertz CT molecular complexity index is 594. The average Bonchev–Trinajstić information content (AvgIpc) is 2.96. The van der Waals surface area contributed by atoms with Crippen LogP contribution < -0.4 is 5.73 Å². The van der Waals surface area contributed by atoms with Gasteiger partial charge in [0.05, 0.1) is 6.10 Å². The molecule has 2 aromatic carbocycles. The van der Waals surface area contributed by atoms with E-state index in [0.717, 1.165) is 12.0 Å². The van der Waals surface area contributed by atoms with Gasteiger partial charge in [-0.1, -0.05) is 48.5 Å². The maximum absolute atomic E-state index is 6.41. The van der Waals surface area contributed by atoms with E-state index >= 15 is 0 Å². The van der Waals surface area contributed by atoms with Crippen LogP contribution in [0.4, 0.5) is 0 Å². The van der Waals surface area contributed by atoms with Crippen molar-refractivity contribution in [3.63, 3.8) is 0 Å². The molecule has 1 aliphatic carbocycles. The number of benzene rings is 2. The number of fused-ring (bicyclic) bond motifs is 1. The Kier molecular flexibility index (Phi) is 4.37. The van der Waals surface area contributed by atoms with E-state index in [2.05, 4.69) is 30.3 Å². The van der Waals surface area contributed by atoms with Crippen LogP contribution in [0.25, 0.3) is 0 Å². The standard InChI is InChI=1S/C19H23NO/c1-21-19(16-6-3-2-4-7-16)18(20)13-14-10-11-15-8-5-9-17(15)12-14/h2-4,6-7,10-12,18-19H,5,8-9,13,20H2,1H3. The fourth-order valence-electron chi connectivity index (χ4n) is 3.33. The Morgan fingerprint density at radius 2 is 1.81 bits per heavy atom. The average molecular weight is 281 g/mol. The fourth-order valence-corrected chi connectivity index (χ4v) is 3.33. The van der Waals surface area contributed by atoms with Gasteiger partial charge in [-0.3, -0.25) is 0 Å². The predicted molar refractivity (Wildman–Crippen MR) is 86.3 cm³/mol. The highest BCUT2D eigenvalue weighted by atomic mass is 16.5. The minimum absolute atomic E-state index is 0.0307. The highest BCUT2D eigenvalue weighted by molar-refractivity contribution is 5.36. The quantitative estimate of drug-likeness (QED) is 0.911. The number of hydrogen-bond acceptors (Lipinski definition) is 2. The first-order valence-electron chi connectivity index (χ1n) is 7.72. The van der Waals surface area contributed by atoms with Crippen LogP contribution in [0.2, 0.25) is 0 Å². The van der Waals surface area contributed by atoms with E-state index < -0.39 is 0 Å². The van der Waals surface area contributed by atoms with Gasteiger partial charge in [0.15, 0.2) is 0 Å². The molecule has 0 spiro atoms. The first-order valence-corrected chi connectivity index (χ1v) is 7.72. The monoisotopic (exact) mass is 281 g/mol. The first kappa shape index (κ1) is 14.3. The van der Waals surface area contributed by atoms with Crippen molar-refractivity contribution in [2.24, 2.45) is 5.73 Å². The van der Waals surface area contributed by atoms with E-state index in [-0.39, 0.29) is 12.1 Å². The lowest BCUT2D eigenvalue weighted by atomic mass is 9.95. The number of nitrogens with two attached hydrogens (primary N) is 1. The summed E-state index contributed by atoms with van der Waals surface area (Å²) in [6.45, 7) is 0. The van der Waals surface area contributed by atoms with Gasteiger partial charge in [0.1, 0.15) is 0 Å². The molecule has 2 unspecified atom stereocenters. The van der Waals surface area contributed by atoms with Crippen LogP contribution in [0.15, 0.2) is 48.5 Å². The lowest BCUT2D eigenvalue weighted by Gasteiger charge is -2.23. The SMILES string of the molecule is COC(c1ccccc1)C(N)Cc1ccc2c(c1)CCC2. The molecule has 0 heterocycles. The van der Waals surface area contributed by atoms with E-state index in [9.17, 15) is 0 Å². The third kappa shape index (κ3) is 3.17. The van der Waals surface area contributed by atoms with Gasteiger partial charge in [-0.25, -0.2) is 0 Å². The summed E-state index contributed by atoms with van der Waals surface area (Å²) in [7, 11) is 1.74. The van der Waals surface area contributed by atoms with Crippen molar-refractivity contribution in [1.82, 2.24) is 0 Å². The van der Waals surface area contributed by atoms with Crippen LogP contribution in [-0.2, 0) is 24.0 Å². The zero-order chi connectivity index (χ0) is 14.7. The van der Waals surface area contributed by atoms with E-state index in [1.54, 1.807) is 7.11 Å². The number of ether oxygens (including phenoxy) is 1. The highest BCUT2D eigenvalue weighted by Crippen LogP contribution is 2.26. The lowest BCUT2D eigenvalue weighted by Crippen LogP contribution is -2.31. The minimum Gasteiger partial charge on any atom is -0.375 e. The number of aryl methyl sites for hydroxylation is 2. The summed E-state index contributed by atoms with van der Waals surface area (Å²) in [5, 5.41) is 0. The van der Waals surface area contributed by atoms with Crippen molar-refractivity contribution in [3.05, 3.63) is 70.8 Å². The summed E-state index contributed by atoms with van der Waals surface area (Å²) >= 11 is 0. The summed E-state index contributed by atoms with van der Waals surface area (Å²) in [5.74, 6) is 0. The normalized spacial score (nSPS) is 16.5. The second-order valence-electron chi connectivity index (χ2n) is 5.89. The molecule has 2 N–H and O–H groups in total. The molecule has 0 aliphatic heterocycles. The van der Waals surface area contributed by atoms with Crippen molar-refractivity contribution < 1.29 is 4.74 Å². The molecule has 2 atom stereocenters. The summed E-state index contributed by atoms with van der Waals surface area (Å²) < 4.78 is 5.64. The van der Waals surface area contributed by atoms with Crippen LogP contribution in [0.1, 0.15) is 34.8 Å². The smallest absolute Gasteiger partial charge is 0.0975 e. The Balaban J connectivity index is 1.74. The first-order chi connectivity index (χ1) is 10.3. The Morgan fingerprint density at radius 3 is 2.57 bits per heavy atom. The van der Waals surface area contributed by atoms with Crippen molar-refractivity contribution >= 4 is 0 Å². The molecule has 0 fully saturated rings. The largest absolute Gasteiger partial charge is 0.375 e. The van der Waals surface area contributed by atoms with Crippen LogP contribution in [0, 0.1) is 0 Å². The number of hydrogen-bond donors (Lipinski definition) is 1. The van der Waals surface area contributed by atoms with Crippen LogP contribution in [-0.4, -0.2) is 13.2 Å². The molecule has 0 saturated heterocycles. The molecule has 1 aliphatic rings. The molecule has 2 nitrogen and oxygen atoms in total. The van der Waals surface area contributed by atoms with Gasteiger partial charge in [0.2, 0.25) is 0 Å². The second-order valence-corrected chi connectivity index (χ2v) is 5.89. The highest BCUT2D eigenvalue weighted by Gasteiger charge is 2.20. The molecule has 0 bridgehead atoms. The topological polar surface area (TPSA) is 35.2 Å². The molecular formula is C19H23NO. The van der Waals surface area contributed by atoms with E-state index in [4.69, 9.17) is 10.5 Å². The summed E-state index contributed by atoms with van der Waals surface area (Å²) in [6, 6.07) is 17.0. The number of methoxy groups -OCH3 is 1. The molecule has 0 radical (unpaired) electrons. The Hall–Kier alpha value is -1.64. The fraction of sp³-hybridized carbons (Fsp3) is 0.368. The second kappa shape index (κ2) is 6.42. The maximum Gasteiger partial charge on any atom is 0.0975 e. The summed E-state index contributed by atoms with van der Waals surface area (Å²) in [4.78, 5) is 0. The molecule has 0 aromatic heterocycles. The summed E-state index contributed by atoms with van der Waals surface area (Å²) in [6.07, 6.45) is 4.52. The molecule has 3 rings (SSSR count). The number of rotatable bonds is 5. The predicted octanol–water partition coefficient (Wildman–Crippen LogP) is 3.43. The Labute approximate surface area is 126 Å². The third-order valence-corrected chi connectivity index (χ3v) is 4.41. The van der Waals surface area contributed by atoms with Gasteiger partial charge in [0, 0.05) is 13.2 Å². The molecule has 2 aromatic rings. The zero-order valence-electron chi connectivity index (χ0n) is 12.6. The molecule has 110 valence electrons. The van der Waals surface area contributed by atoms with Gasteiger partial charge in [-0.15, -0.1) is 0 Å². The zero-order valence-corrected chi connectivity index (χ0v) is 12.6. The van der Waals surface area contributed by atoms with E-state index in [1.165, 1.54) is 36.0 Å². The van der Waals surface area contributed by atoms with Crippen molar-refractivity contribution in [2.75, 3.05) is 7.11 Å².